The molecule has 0 bridgehead atoms. The number of fused-ring (bicyclic) bond motifs is 1. The molecule has 0 aliphatic carbocycles. The molecule has 4 aromatic rings. The molecule has 170 valence electrons. The number of nitrogen functional groups attached to an aromatic ring is 1. The smallest absolute Gasteiger partial charge is 0.267 e. The maximum atomic E-state index is 13.1. The molecule has 0 atom stereocenters. The summed E-state index contributed by atoms with van der Waals surface area (Å²) in [5, 5.41) is 3.41. The normalized spacial score (nSPS) is 11.1. The highest BCUT2D eigenvalue weighted by atomic mass is 32.1. The largest absolute Gasteiger partial charge is 0.397 e. The Labute approximate surface area is 201 Å². The highest BCUT2D eigenvalue weighted by molar-refractivity contribution is 7.21. The van der Waals surface area contributed by atoms with Crippen LogP contribution in [0, 0.1) is 6.92 Å². The van der Waals surface area contributed by atoms with Gasteiger partial charge in [0.05, 0.1) is 11.4 Å². The van der Waals surface area contributed by atoms with Crippen molar-refractivity contribution in [3.8, 4) is 0 Å². The van der Waals surface area contributed by atoms with Gasteiger partial charge in [0.2, 0.25) is 0 Å². The minimum Gasteiger partial charge on any atom is -0.397 e. The summed E-state index contributed by atoms with van der Waals surface area (Å²) in [5.41, 5.74) is 10.5. The van der Waals surface area contributed by atoms with Crippen LogP contribution >= 0.6 is 11.3 Å². The zero-order chi connectivity index (χ0) is 24.4. The van der Waals surface area contributed by atoms with Crippen LogP contribution in [0.2, 0.25) is 0 Å². The second-order valence-corrected chi connectivity index (χ2v) is 8.90. The van der Waals surface area contributed by atoms with Crippen molar-refractivity contribution in [3.05, 3.63) is 87.4 Å². The first-order valence-electron chi connectivity index (χ1n) is 10.6. The molecule has 0 aliphatic heterocycles. The fourth-order valence-corrected chi connectivity index (χ4v) is 4.85. The Morgan fingerprint density at radius 2 is 1.62 bits per heavy atom. The maximum absolute atomic E-state index is 13.1. The molecule has 0 radical (unpaired) electrons. The van der Waals surface area contributed by atoms with E-state index in [1.807, 2.05) is 42.5 Å². The minimum atomic E-state index is -0.379. The van der Waals surface area contributed by atoms with E-state index < -0.39 is 0 Å². The number of nitrogens with one attached hydrogen (secondary N) is 1. The second kappa shape index (κ2) is 9.41. The average Bonchev–Trinajstić information content (AvgIpc) is 3.14. The number of aryl methyl sites for hydroxylation is 1. The lowest BCUT2D eigenvalue weighted by Crippen LogP contribution is -2.12. The number of pyridine rings is 1. The van der Waals surface area contributed by atoms with Gasteiger partial charge in [-0.15, -0.1) is 11.3 Å². The first kappa shape index (κ1) is 23.1. The van der Waals surface area contributed by atoms with Crippen LogP contribution in [0.4, 0.5) is 11.4 Å². The fraction of sp³-hybridized carbons (Fsp3) is 0.111. The summed E-state index contributed by atoms with van der Waals surface area (Å²) in [6.45, 7) is 4.76. The van der Waals surface area contributed by atoms with Crippen molar-refractivity contribution in [1.29, 1.82) is 0 Å². The number of nitrogens with two attached hydrogens (primary N) is 1. The van der Waals surface area contributed by atoms with Gasteiger partial charge in [-0.05, 0) is 56.2 Å². The zero-order valence-corrected chi connectivity index (χ0v) is 19.8. The van der Waals surface area contributed by atoms with E-state index in [9.17, 15) is 14.4 Å². The van der Waals surface area contributed by atoms with Crippen molar-refractivity contribution in [1.82, 2.24) is 4.98 Å². The number of hydrogen-bond donors (Lipinski definition) is 2. The summed E-state index contributed by atoms with van der Waals surface area (Å²) < 4.78 is 0. The lowest BCUT2D eigenvalue weighted by Gasteiger charge is -2.09. The van der Waals surface area contributed by atoms with Crippen LogP contribution in [-0.2, 0) is 0 Å². The summed E-state index contributed by atoms with van der Waals surface area (Å²) in [4.78, 5) is 42.5. The predicted octanol–water partition coefficient (Wildman–Crippen LogP) is 6.01. The molecule has 4 rings (SSSR count). The molecule has 0 unspecified atom stereocenters. The predicted molar refractivity (Wildman–Crippen MR) is 139 cm³/mol. The number of carbonyl (C=O) groups is 3. The molecule has 2 heterocycles. The van der Waals surface area contributed by atoms with Gasteiger partial charge < -0.3 is 11.1 Å². The van der Waals surface area contributed by atoms with Crippen LogP contribution in [0.1, 0.15) is 61.1 Å². The monoisotopic (exact) mass is 469 g/mol. The van der Waals surface area contributed by atoms with Crippen molar-refractivity contribution in [3.63, 3.8) is 0 Å². The van der Waals surface area contributed by atoms with Crippen molar-refractivity contribution in [2.24, 2.45) is 0 Å². The molecule has 2 aromatic heterocycles. The Morgan fingerprint density at radius 1 is 0.941 bits per heavy atom. The fourth-order valence-electron chi connectivity index (χ4n) is 3.80. The third-order valence-electron chi connectivity index (χ3n) is 5.45. The van der Waals surface area contributed by atoms with Crippen molar-refractivity contribution in [2.75, 3.05) is 11.1 Å². The van der Waals surface area contributed by atoms with Crippen LogP contribution in [0.15, 0.2) is 54.6 Å². The lowest BCUT2D eigenvalue weighted by atomic mass is 9.98. The van der Waals surface area contributed by atoms with Gasteiger partial charge in [0.1, 0.15) is 9.71 Å². The lowest BCUT2D eigenvalue weighted by molar-refractivity contribution is 0.100. The van der Waals surface area contributed by atoms with Crippen LogP contribution < -0.4 is 11.1 Å². The van der Waals surface area contributed by atoms with Crippen LogP contribution in [0.5, 0.6) is 0 Å². The van der Waals surface area contributed by atoms with Gasteiger partial charge >= 0.3 is 0 Å². The van der Waals surface area contributed by atoms with E-state index in [4.69, 9.17) is 5.73 Å². The van der Waals surface area contributed by atoms with Crippen molar-refractivity contribution >= 4 is 62.6 Å². The van der Waals surface area contributed by atoms with Crippen molar-refractivity contribution < 1.29 is 14.4 Å². The van der Waals surface area contributed by atoms with Gasteiger partial charge in [-0.1, -0.05) is 42.5 Å². The first-order valence-corrected chi connectivity index (χ1v) is 11.5. The Balaban J connectivity index is 1.79. The number of hydrogen-bond acceptors (Lipinski definition) is 6. The van der Waals surface area contributed by atoms with Gasteiger partial charge in [-0.3, -0.25) is 14.4 Å². The van der Waals surface area contributed by atoms with E-state index in [-0.39, 0.29) is 23.2 Å². The Kier molecular flexibility index (Phi) is 6.38. The number of rotatable bonds is 6. The standard InChI is InChI=1S/C27H23N3O3S/c1-15-22(17(3)32)21(14-9-18-7-5-4-6-8-18)23-24(28)25(34-27(23)29-15)26(33)30-20-12-10-19(11-13-20)16(2)31/h4-14H,28H2,1-3H3,(H,30,33)/b14-9+. The third kappa shape index (κ3) is 4.51. The molecule has 0 aliphatic rings. The summed E-state index contributed by atoms with van der Waals surface area (Å²) in [5.74, 6) is -0.552. The van der Waals surface area contributed by atoms with Crippen LogP contribution in [-0.4, -0.2) is 22.5 Å². The van der Waals surface area contributed by atoms with E-state index in [2.05, 4.69) is 10.3 Å². The molecule has 0 saturated heterocycles. The van der Waals surface area contributed by atoms with Crippen molar-refractivity contribution in [2.45, 2.75) is 20.8 Å². The van der Waals surface area contributed by atoms with Crippen LogP contribution in [0.3, 0.4) is 0 Å². The molecule has 0 fully saturated rings. The molecule has 2 aromatic carbocycles. The number of aromatic nitrogens is 1. The number of thiophene rings is 1. The number of anilines is 2. The van der Waals surface area contributed by atoms with Gasteiger partial charge in [0.15, 0.2) is 11.6 Å². The number of benzene rings is 2. The highest BCUT2D eigenvalue weighted by Gasteiger charge is 2.23. The maximum Gasteiger partial charge on any atom is 0.267 e. The molecule has 7 heteroatoms. The SMILES string of the molecule is CC(=O)c1ccc(NC(=O)c2sc3nc(C)c(C(C)=O)c(/C=C/c4ccccc4)c3c2N)cc1. The Hall–Kier alpha value is -4.10. The van der Waals surface area contributed by atoms with E-state index in [1.54, 1.807) is 31.2 Å². The number of nitrogens with zero attached hydrogens (tertiary/aromatic N) is 1. The number of ketones is 2. The summed E-state index contributed by atoms with van der Waals surface area (Å²) >= 11 is 1.18. The number of carbonyl (C=O) groups excluding carboxylic acids is 3. The van der Waals surface area contributed by atoms with E-state index in [0.717, 1.165) is 5.56 Å². The summed E-state index contributed by atoms with van der Waals surface area (Å²) in [7, 11) is 0. The van der Waals surface area contributed by atoms with Crippen LogP contribution in [0.25, 0.3) is 22.4 Å². The zero-order valence-electron chi connectivity index (χ0n) is 19.0. The van der Waals surface area contributed by atoms with Gasteiger partial charge in [-0.25, -0.2) is 4.98 Å². The third-order valence-corrected chi connectivity index (χ3v) is 6.54. The highest BCUT2D eigenvalue weighted by Crippen LogP contribution is 2.38. The second-order valence-electron chi connectivity index (χ2n) is 7.90. The minimum absolute atomic E-state index is 0.0505. The topological polar surface area (TPSA) is 102 Å². The first-order chi connectivity index (χ1) is 16.3. The number of amides is 1. The summed E-state index contributed by atoms with van der Waals surface area (Å²) in [6, 6.07) is 16.4. The molecular formula is C27H23N3O3S. The van der Waals surface area contributed by atoms with E-state index in [0.29, 0.717) is 43.2 Å². The van der Waals surface area contributed by atoms with Gasteiger partial charge in [0.25, 0.3) is 5.91 Å². The molecule has 0 saturated carbocycles. The molecule has 34 heavy (non-hydrogen) atoms. The molecule has 6 nitrogen and oxygen atoms in total. The van der Waals surface area contributed by atoms with E-state index >= 15 is 0 Å². The quantitative estimate of drug-likeness (QED) is 0.336. The molecule has 0 spiro atoms. The van der Waals surface area contributed by atoms with Gasteiger partial charge in [-0.2, -0.15) is 0 Å². The number of Topliss-reactive ketones (excluding diaryl/α,β-unsaturated/α-hetero) is 2. The molecule has 3 N–H and O–H groups in total. The Morgan fingerprint density at radius 3 is 2.24 bits per heavy atom. The molecule has 1 amide bonds. The molecular weight excluding hydrogens is 446 g/mol. The Bertz CT molecular complexity index is 1450. The average molecular weight is 470 g/mol. The van der Waals surface area contributed by atoms with Gasteiger partial charge in [0, 0.05) is 22.2 Å². The van der Waals surface area contributed by atoms with E-state index in [1.165, 1.54) is 25.2 Å². The summed E-state index contributed by atoms with van der Waals surface area (Å²) in [6.07, 6.45) is 3.77.